The van der Waals surface area contributed by atoms with E-state index < -0.39 is 0 Å². The van der Waals surface area contributed by atoms with Crippen LogP contribution in [0.3, 0.4) is 0 Å². The Bertz CT molecular complexity index is 656. The van der Waals surface area contributed by atoms with E-state index in [4.69, 9.17) is 4.74 Å². The second kappa shape index (κ2) is 9.46. The number of thioether (sulfide) groups is 1. The maximum absolute atomic E-state index is 11.9. The number of hydrogen-bond donors (Lipinski definition) is 2. The van der Waals surface area contributed by atoms with E-state index in [1.807, 2.05) is 30.3 Å². The van der Waals surface area contributed by atoms with Crippen molar-refractivity contribution in [1.82, 2.24) is 20.5 Å². The average Bonchev–Trinajstić information content (AvgIpc) is 3.30. The van der Waals surface area contributed by atoms with E-state index in [1.165, 1.54) is 37.4 Å². The molecule has 1 aliphatic rings. The predicted molar refractivity (Wildman–Crippen MR) is 97.7 cm³/mol. The van der Waals surface area contributed by atoms with Gasteiger partial charge in [0.05, 0.1) is 12.3 Å². The molecule has 1 heterocycles. The van der Waals surface area contributed by atoms with Crippen LogP contribution in [0.2, 0.25) is 0 Å². The van der Waals surface area contributed by atoms with Gasteiger partial charge in [-0.15, -0.1) is 5.10 Å². The van der Waals surface area contributed by atoms with Crippen LogP contribution in [0.15, 0.2) is 35.5 Å². The zero-order valence-electron chi connectivity index (χ0n) is 14.2. The molecule has 1 amide bonds. The number of H-pyrrole nitrogens is 1. The summed E-state index contributed by atoms with van der Waals surface area (Å²) in [5, 5.41) is 10.7. The van der Waals surface area contributed by atoms with Gasteiger partial charge < -0.3 is 10.1 Å². The molecule has 0 atom stereocenters. The van der Waals surface area contributed by atoms with Crippen LogP contribution in [0.1, 0.15) is 31.5 Å². The molecule has 0 aliphatic heterocycles. The van der Waals surface area contributed by atoms with E-state index in [0.717, 1.165) is 23.9 Å². The van der Waals surface area contributed by atoms with Crippen molar-refractivity contribution in [3.63, 3.8) is 0 Å². The lowest BCUT2D eigenvalue weighted by molar-refractivity contribution is -0.118. The topological polar surface area (TPSA) is 79.9 Å². The second-order valence-corrected chi connectivity index (χ2v) is 7.16. The van der Waals surface area contributed by atoms with Gasteiger partial charge in [0, 0.05) is 6.42 Å². The number of rotatable bonds is 9. The van der Waals surface area contributed by atoms with E-state index in [1.54, 1.807) is 0 Å². The molecule has 1 fully saturated rings. The summed E-state index contributed by atoms with van der Waals surface area (Å²) < 4.78 is 5.53. The lowest BCUT2D eigenvalue weighted by atomic mass is 10.0. The molecule has 2 N–H and O–H groups in total. The van der Waals surface area contributed by atoms with Crippen LogP contribution in [0, 0.1) is 5.92 Å². The van der Waals surface area contributed by atoms with Crippen LogP contribution in [0.25, 0.3) is 0 Å². The largest absolute Gasteiger partial charge is 0.492 e. The molecule has 7 heteroatoms. The predicted octanol–water partition coefficient (Wildman–Crippen LogP) is 2.82. The summed E-state index contributed by atoms with van der Waals surface area (Å²) in [6.45, 7) is 0.932. The summed E-state index contributed by atoms with van der Waals surface area (Å²) in [4.78, 5) is 16.3. The molecule has 6 nitrogen and oxygen atoms in total. The molecule has 2 aromatic rings. The van der Waals surface area contributed by atoms with Crippen molar-refractivity contribution in [2.75, 3.05) is 18.9 Å². The Kier molecular flexibility index (Phi) is 6.73. The fraction of sp³-hybridized carbons (Fsp3) is 0.500. The van der Waals surface area contributed by atoms with Gasteiger partial charge in [0.25, 0.3) is 0 Å². The highest BCUT2D eigenvalue weighted by Gasteiger charge is 2.17. The van der Waals surface area contributed by atoms with Gasteiger partial charge in [0.1, 0.15) is 18.2 Å². The highest BCUT2D eigenvalue weighted by atomic mass is 32.2. The van der Waals surface area contributed by atoms with Crippen LogP contribution in [-0.2, 0) is 11.2 Å². The number of carbonyl (C=O) groups is 1. The first-order valence-corrected chi connectivity index (χ1v) is 9.77. The first-order valence-electron chi connectivity index (χ1n) is 8.78. The van der Waals surface area contributed by atoms with Crippen LogP contribution in [-0.4, -0.2) is 40.0 Å². The van der Waals surface area contributed by atoms with Crippen LogP contribution < -0.4 is 10.1 Å². The van der Waals surface area contributed by atoms with Crippen molar-refractivity contribution in [2.24, 2.45) is 5.92 Å². The van der Waals surface area contributed by atoms with E-state index in [-0.39, 0.29) is 5.91 Å². The number of ether oxygens (including phenoxy) is 1. The van der Waals surface area contributed by atoms with Gasteiger partial charge in [-0.1, -0.05) is 55.6 Å². The molecule has 0 bridgehead atoms. The SMILES string of the molecule is O=C(CSc1n[nH]c(CC2CCCC2)n1)NCCOc1ccccc1. The number of carbonyl (C=O) groups excluding carboxylic acids is 1. The highest BCUT2D eigenvalue weighted by molar-refractivity contribution is 7.99. The lowest BCUT2D eigenvalue weighted by Crippen LogP contribution is -2.29. The van der Waals surface area contributed by atoms with Crippen molar-refractivity contribution in [3.05, 3.63) is 36.2 Å². The van der Waals surface area contributed by atoms with E-state index >= 15 is 0 Å². The summed E-state index contributed by atoms with van der Waals surface area (Å²) in [6.07, 6.45) is 6.20. The minimum absolute atomic E-state index is 0.0381. The molecule has 0 unspecified atom stereocenters. The maximum Gasteiger partial charge on any atom is 0.230 e. The summed E-state index contributed by atoms with van der Waals surface area (Å²) in [5.74, 6) is 2.75. The summed E-state index contributed by atoms with van der Waals surface area (Å²) in [5.41, 5.74) is 0. The Morgan fingerprint density at radius 2 is 2.08 bits per heavy atom. The quantitative estimate of drug-likeness (QED) is 0.531. The third-order valence-corrected chi connectivity index (χ3v) is 5.08. The van der Waals surface area contributed by atoms with E-state index in [9.17, 15) is 4.79 Å². The Hall–Kier alpha value is -2.02. The summed E-state index contributed by atoms with van der Waals surface area (Å²) in [6, 6.07) is 9.56. The molecule has 0 saturated heterocycles. The van der Waals surface area contributed by atoms with Gasteiger partial charge in [-0.3, -0.25) is 9.89 Å². The monoisotopic (exact) mass is 360 g/mol. The maximum atomic E-state index is 11.9. The smallest absolute Gasteiger partial charge is 0.230 e. The summed E-state index contributed by atoms with van der Waals surface area (Å²) in [7, 11) is 0. The van der Waals surface area contributed by atoms with Crippen molar-refractivity contribution in [1.29, 1.82) is 0 Å². The zero-order valence-corrected chi connectivity index (χ0v) is 15.1. The Labute approximate surface area is 152 Å². The molecular formula is C18H24N4O2S. The average molecular weight is 360 g/mol. The molecule has 0 spiro atoms. The van der Waals surface area contributed by atoms with Gasteiger partial charge in [-0.05, 0) is 18.1 Å². The summed E-state index contributed by atoms with van der Waals surface area (Å²) >= 11 is 1.36. The molecule has 1 aromatic carbocycles. The third kappa shape index (κ3) is 6.08. The molecule has 3 rings (SSSR count). The Morgan fingerprint density at radius 3 is 2.88 bits per heavy atom. The van der Waals surface area contributed by atoms with Gasteiger partial charge in [-0.2, -0.15) is 0 Å². The van der Waals surface area contributed by atoms with Crippen LogP contribution in [0.4, 0.5) is 0 Å². The van der Waals surface area contributed by atoms with Crippen molar-refractivity contribution >= 4 is 17.7 Å². The van der Waals surface area contributed by atoms with Gasteiger partial charge in [-0.25, -0.2) is 4.98 Å². The van der Waals surface area contributed by atoms with Gasteiger partial charge in [0.2, 0.25) is 11.1 Å². The highest BCUT2D eigenvalue weighted by Crippen LogP contribution is 2.27. The first-order chi connectivity index (χ1) is 12.3. The minimum Gasteiger partial charge on any atom is -0.492 e. The Balaban J connectivity index is 1.30. The van der Waals surface area contributed by atoms with E-state index in [0.29, 0.717) is 24.1 Å². The number of nitrogens with zero attached hydrogens (tertiary/aromatic N) is 2. The van der Waals surface area contributed by atoms with Crippen molar-refractivity contribution in [2.45, 2.75) is 37.3 Å². The molecular weight excluding hydrogens is 336 g/mol. The van der Waals surface area contributed by atoms with E-state index in [2.05, 4.69) is 20.5 Å². The van der Waals surface area contributed by atoms with Crippen molar-refractivity contribution in [3.8, 4) is 5.75 Å². The molecule has 1 aliphatic carbocycles. The minimum atomic E-state index is -0.0381. The number of amides is 1. The third-order valence-electron chi connectivity index (χ3n) is 4.24. The number of nitrogens with one attached hydrogen (secondary N) is 2. The van der Waals surface area contributed by atoms with Gasteiger partial charge >= 0.3 is 0 Å². The normalized spacial score (nSPS) is 14.6. The molecule has 1 saturated carbocycles. The first kappa shape index (κ1) is 17.8. The fourth-order valence-electron chi connectivity index (χ4n) is 2.98. The zero-order chi connectivity index (χ0) is 17.3. The number of aromatic nitrogens is 3. The number of para-hydroxylation sites is 1. The number of benzene rings is 1. The second-order valence-electron chi connectivity index (χ2n) is 6.22. The van der Waals surface area contributed by atoms with Crippen molar-refractivity contribution < 1.29 is 9.53 Å². The lowest BCUT2D eigenvalue weighted by Gasteiger charge is -2.07. The molecule has 0 radical (unpaired) electrons. The standard InChI is InChI=1S/C18H24N4O2S/c23-17(19-10-11-24-15-8-2-1-3-9-15)13-25-18-20-16(21-22-18)12-14-6-4-5-7-14/h1-3,8-9,14H,4-7,10-13H2,(H,19,23)(H,20,21,22). The van der Waals surface area contributed by atoms with Crippen LogP contribution in [0.5, 0.6) is 5.75 Å². The molecule has 25 heavy (non-hydrogen) atoms. The Morgan fingerprint density at radius 1 is 1.28 bits per heavy atom. The molecule has 1 aromatic heterocycles. The molecule has 134 valence electrons. The van der Waals surface area contributed by atoms with Crippen LogP contribution >= 0.6 is 11.8 Å². The fourth-order valence-corrected chi connectivity index (χ4v) is 3.63. The number of aromatic amines is 1. The van der Waals surface area contributed by atoms with Gasteiger partial charge in [0.15, 0.2) is 0 Å². The number of hydrogen-bond acceptors (Lipinski definition) is 5.